The summed E-state index contributed by atoms with van der Waals surface area (Å²) in [5.41, 5.74) is 3.84. The number of nitrogens with one attached hydrogen (secondary N) is 1. The highest BCUT2D eigenvalue weighted by Gasteiger charge is 2.20. The molecule has 3 heterocycles. The van der Waals surface area contributed by atoms with Crippen LogP contribution in [0.15, 0.2) is 10.9 Å². The van der Waals surface area contributed by atoms with Gasteiger partial charge in [-0.25, -0.2) is 9.50 Å². The number of aromatic amines is 1. The van der Waals surface area contributed by atoms with Crippen LogP contribution in [0.1, 0.15) is 17.0 Å². The van der Waals surface area contributed by atoms with Gasteiger partial charge in [-0.15, -0.1) is 0 Å². The van der Waals surface area contributed by atoms with Crippen LogP contribution in [0, 0.1) is 6.92 Å². The molecule has 0 saturated carbocycles. The van der Waals surface area contributed by atoms with Crippen LogP contribution in [0.2, 0.25) is 0 Å². The van der Waals surface area contributed by atoms with Crippen LogP contribution in [-0.2, 0) is 13.0 Å². The molecule has 0 atom stereocenters. The molecule has 0 fully saturated rings. The van der Waals surface area contributed by atoms with Gasteiger partial charge in [-0.3, -0.25) is 9.89 Å². The van der Waals surface area contributed by atoms with Crippen molar-refractivity contribution in [2.24, 2.45) is 0 Å². The molecule has 1 N–H and O–H groups in total. The lowest BCUT2D eigenvalue weighted by Gasteiger charge is -2.21. The molecule has 0 aromatic carbocycles. The molecule has 0 unspecified atom stereocenters. The number of hydrogen-bond acceptors (Lipinski definition) is 3. The van der Waals surface area contributed by atoms with E-state index < -0.39 is 0 Å². The van der Waals surface area contributed by atoms with Crippen molar-refractivity contribution in [2.45, 2.75) is 19.9 Å². The molecule has 0 bridgehead atoms. The van der Waals surface area contributed by atoms with E-state index in [4.69, 9.17) is 0 Å². The number of nitrogens with zero attached hydrogens (tertiary/aromatic N) is 3. The number of likely N-dealkylation sites (N-methyl/N-ethyl adjacent to an activating group) is 1. The second-order valence-electron chi connectivity index (χ2n) is 4.45. The van der Waals surface area contributed by atoms with Crippen molar-refractivity contribution < 1.29 is 0 Å². The van der Waals surface area contributed by atoms with Gasteiger partial charge in [0.15, 0.2) is 5.65 Å². The summed E-state index contributed by atoms with van der Waals surface area (Å²) in [5, 5.41) is 3.15. The fraction of sp³-hybridized carbons (Fsp3) is 0.455. The first-order valence-electron chi connectivity index (χ1n) is 5.44. The Labute approximate surface area is 92.7 Å². The van der Waals surface area contributed by atoms with E-state index in [1.165, 1.54) is 0 Å². The molecule has 0 radical (unpaired) electrons. The lowest BCUT2D eigenvalue weighted by atomic mass is 10.1. The second-order valence-corrected chi connectivity index (χ2v) is 4.45. The van der Waals surface area contributed by atoms with E-state index in [9.17, 15) is 4.79 Å². The van der Waals surface area contributed by atoms with Crippen LogP contribution < -0.4 is 5.56 Å². The molecule has 0 spiro atoms. The minimum absolute atomic E-state index is 0.0282. The first-order chi connectivity index (χ1) is 7.65. The Balaban J connectivity index is 2.35. The molecule has 5 nitrogen and oxygen atoms in total. The summed E-state index contributed by atoms with van der Waals surface area (Å²) < 4.78 is 1.55. The molecule has 2 aromatic rings. The van der Waals surface area contributed by atoms with E-state index in [0.29, 0.717) is 0 Å². The highest BCUT2D eigenvalue weighted by atomic mass is 16.1. The van der Waals surface area contributed by atoms with Crippen LogP contribution in [0.4, 0.5) is 0 Å². The standard InChI is InChI=1S/C11H14N4O/c1-7-5-10(16)15-11(12-7)8-6-14(2)4-3-9(8)13-15/h5,13H,3-4,6H2,1-2H3. The zero-order valence-electron chi connectivity index (χ0n) is 9.45. The average Bonchev–Trinajstić information content (AvgIpc) is 2.57. The SMILES string of the molecule is Cc1cc(=O)n2[nH]c3c(c2n1)CN(C)CC3. The van der Waals surface area contributed by atoms with Crippen molar-refractivity contribution in [3.8, 4) is 0 Å². The van der Waals surface area contributed by atoms with E-state index in [0.717, 1.165) is 42.1 Å². The predicted molar refractivity (Wildman–Crippen MR) is 60.6 cm³/mol. The van der Waals surface area contributed by atoms with Crippen molar-refractivity contribution in [3.63, 3.8) is 0 Å². The van der Waals surface area contributed by atoms with Gasteiger partial charge >= 0.3 is 0 Å². The lowest BCUT2D eigenvalue weighted by Crippen LogP contribution is -2.26. The Morgan fingerprint density at radius 1 is 1.50 bits per heavy atom. The van der Waals surface area contributed by atoms with Gasteiger partial charge < -0.3 is 4.90 Å². The molecule has 84 valence electrons. The van der Waals surface area contributed by atoms with Gasteiger partial charge in [0.1, 0.15) is 0 Å². The number of aryl methyl sites for hydroxylation is 1. The zero-order valence-corrected chi connectivity index (χ0v) is 9.45. The van der Waals surface area contributed by atoms with E-state index in [-0.39, 0.29) is 5.56 Å². The molecule has 16 heavy (non-hydrogen) atoms. The number of aromatic nitrogens is 3. The Kier molecular flexibility index (Phi) is 1.91. The average molecular weight is 218 g/mol. The van der Waals surface area contributed by atoms with Crippen molar-refractivity contribution in [1.29, 1.82) is 0 Å². The van der Waals surface area contributed by atoms with Crippen LogP contribution in [0.3, 0.4) is 0 Å². The third-order valence-corrected chi connectivity index (χ3v) is 3.10. The quantitative estimate of drug-likeness (QED) is 0.693. The molecular weight excluding hydrogens is 204 g/mol. The lowest BCUT2D eigenvalue weighted by molar-refractivity contribution is 0.312. The molecule has 3 rings (SSSR count). The highest BCUT2D eigenvalue weighted by Crippen LogP contribution is 2.19. The second kappa shape index (κ2) is 3.18. The number of H-pyrrole nitrogens is 1. The van der Waals surface area contributed by atoms with Gasteiger partial charge in [0.05, 0.1) is 0 Å². The third-order valence-electron chi connectivity index (χ3n) is 3.10. The van der Waals surface area contributed by atoms with Crippen molar-refractivity contribution in [3.05, 3.63) is 33.4 Å². The summed E-state index contributed by atoms with van der Waals surface area (Å²) in [7, 11) is 2.08. The first-order valence-corrected chi connectivity index (χ1v) is 5.44. The van der Waals surface area contributed by atoms with E-state index in [2.05, 4.69) is 22.0 Å². The normalized spacial score (nSPS) is 16.6. The smallest absolute Gasteiger partial charge is 0.272 e. The Hall–Kier alpha value is -1.62. The Morgan fingerprint density at radius 2 is 2.31 bits per heavy atom. The molecule has 2 aromatic heterocycles. The molecule has 0 saturated heterocycles. The minimum atomic E-state index is -0.0282. The Bertz CT molecular complexity index is 610. The summed E-state index contributed by atoms with van der Waals surface area (Å²) >= 11 is 0. The monoisotopic (exact) mass is 218 g/mol. The van der Waals surface area contributed by atoms with Crippen LogP contribution in [0.25, 0.3) is 5.65 Å². The molecule has 0 amide bonds. The molecule has 1 aliphatic heterocycles. The van der Waals surface area contributed by atoms with E-state index in [1.807, 2.05) is 6.92 Å². The van der Waals surface area contributed by atoms with Gasteiger partial charge in [-0.2, -0.15) is 0 Å². The summed E-state index contributed by atoms with van der Waals surface area (Å²) in [5.74, 6) is 0. The fourth-order valence-corrected chi connectivity index (χ4v) is 2.27. The molecular formula is C11H14N4O. The first kappa shape index (κ1) is 9.59. The maximum absolute atomic E-state index is 11.8. The third kappa shape index (κ3) is 1.28. The Morgan fingerprint density at radius 3 is 3.12 bits per heavy atom. The maximum atomic E-state index is 11.8. The number of fused-ring (bicyclic) bond motifs is 3. The highest BCUT2D eigenvalue weighted by molar-refractivity contribution is 5.51. The molecule has 5 heteroatoms. The van der Waals surface area contributed by atoms with Crippen LogP contribution >= 0.6 is 0 Å². The fourth-order valence-electron chi connectivity index (χ4n) is 2.27. The van der Waals surface area contributed by atoms with Crippen molar-refractivity contribution in [1.82, 2.24) is 19.5 Å². The van der Waals surface area contributed by atoms with Crippen LogP contribution in [-0.4, -0.2) is 33.1 Å². The largest absolute Gasteiger partial charge is 0.302 e. The number of rotatable bonds is 0. The summed E-state index contributed by atoms with van der Waals surface area (Å²) in [4.78, 5) is 18.5. The topological polar surface area (TPSA) is 53.4 Å². The summed E-state index contributed by atoms with van der Waals surface area (Å²) in [6, 6.07) is 1.55. The van der Waals surface area contributed by atoms with Crippen molar-refractivity contribution >= 4 is 5.65 Å². The zero-order chi connectivity index (χ0) is 11.3. The van der Waals surface area contributed by atoms with Crippen LogP contribution in [0.5, 0.6) is 0 Å². The summed E-state index contributed by atoms with van der Waals surface area (Å²) in [6.45, 7) is 3.74. The molecule has 1 aliphatic rings. The van der Waals surface area contributed by atoms with E-state index in [1.54, 1.807) is 10.6 Å². The maximum Gasteiger partial charge on any atom is 0.272 e. The predicted octanol–water partition coefficient (Wildman–Crippen LogP) is 0.319. The number of hydrogen-bond donors (Lipinski definition) is 1. The van der Waals surface area contributed by atoms with Crippen molar-refractivity contribution in [2.75, 3.05) is 13.6 Å². The minimum Gasteiger partial charge on any atom is -0.302 e. The molecule has 0 aliphatic carbocycles. The van der Waals surface area contributed by atoms with Gasteiger partial charge in [-0.05, 0) is 14.0 Å². The van der Waals surface area contributed by atoms with E-state index >= 15 is 0 Å². The van der Waals surface area contributed by atoms with Gasteiger partial charge in [-0.1, -0.05) is 0 Å². The van der Waals surface area contributed by atoms with Gasteiger partial charge in [0, 0.05) is 42.5 Å². The van der Waals surface area contributed by atoms with Gasteiger partial charge in [0.25, 0.3) is 5.56 Å². The van der Waals surface area contributed by atoms with Gasteiger partial charge in [0.2, 0.25) is 0 Å². The summed E-state index contributed by atoms with van der Waals surface area (Å²) in [6.07, 6.45) is 0.952.